The van der Waals surface area contributed by atoms with Crippen molar-refractivity contribution in [3.05, 3.63) is 158 Å². The van der Waals surface area contributed by atoms with Gasteiger partial charge in [-0.1, -0.05) is 76.9 Å². The van der Waals surface area contributed by atoms with Crippen LogP contribution in [0.25, 0.3) is 0 Å². The van der Waals surface area contributed by atoms with Crippen LogP contribution in [-0.4, -0.2) is 43.2 Å². The molecule has 302 valence electrons. The van der Waals surface area contributed by atoms with Gasteiger partial charge in [-0.05, 0) is 99.3 Å². The normalized spacial score (nSPS) is 12.5. The number of aryl methyl sites for hydroxylation is 5. The molecule has 0 aromatic heterocycles. The van der Waals surface area contributed by atoms with E-state index in [1.807, 2.05) is 100 Å². The Morgan fingerprint density at radius 1 is 0.672 bits per heavy atom. The highest BCUT2D eigenvalue weighted by Gasteiger charge is 2.19. The number of hydrogen-bond donors (Lipinski definition) is 5. The van der Waals surface area contributed by atoms with E-state index in [4.69, 9.17) is 5.73 Å². The van der Waals surface area contributed by atoms with Crippen molar-refractivity contribution in [2.75, 3.05) is 17.7 Å². The van der Waals surface area contributed by atoms with Crippen molar-refractivity contribution in [2.24, 2.45) is 5.73 Å². The SMILES string of the molecule is CNC(=O)c1cccc(C)c1.Cc1ccc(OC(F)F)c(C(N)=O)c1.Cc1ccc2c(c1)C(=O)NC2.Cc1ccc2c(c1)CC(=O)N2.Cc1ccc2c(c1)NC(=O)C2. The minimum Gasteiger partial charge on any atom is -0.434 e. The van der Waals surface area contributed by atoms with E-state index in [0.717, 1.165) is 50.3 Å². The monoisotopic (exact) mass is 791 g/mol. The van der Waals surface area contributed by atoms with Gasteiger partial charge in [0.1, 0.15) is 5.75 Å². The molecule has 0 atom stereocenters. The lowest BCUT2D eigenvalue weighted by molar-refractivity contribution is -0.115. The number of halogens is 2. The number of benzene rings is 5. The van der Waals surface area contributed by atoms with Gasteiger partial charge in [-0.15, -0.1) is 0 Å². The second-order valence-corrected chi connectivity index (χ2v) is 13.8. The van der Waals surface area contributed by atoms with Crippen molar-refractivity contribution >= 4 is 40.9 Å². The maximum Gasteiger partial charge on any atom is 0.387 e. The Morgan fingerprint density at radius 2 is 1.24 bits per heavy atom. The average molecular weight is 792 g/mol. The fourth-order valence-electron chi connectivity index (χ4n) is 5.98. The van der Waals surface area contributed by atoms with Crippen LogP contribution in [-0.2, 0) is 29.0 Å². The smallest absolute Gasteiger partial charge is 0.387 e. The van der Waals surface area contributed by atoms with Gasteiger partial charge in [-0.2, -0.15) is 8.78 Å². The Morgan fingerprint density at radius 3 is 1.90 bits per heavy atom. The molecule has 0 unspecified atom stereocenters. The maximum atomic E-state index is 11.9. The summed E-state index contributed by atoms with van der Waals surface area (Å²) in [5.41, 5.74) is 17.2. The number of carbonyl (C=O) groups is 5. The number of fused-ring (bicyclic) bond motifs is 3. The number of rotatable bonds is 4. The standard InChI is InChI=1S/C9H9F2NO2.3C9H9NO.C9H11NO/c1-5-2-3-7(14-9(10)11)6(4-5)8(12)13;1-6-2-3-8-7(4-6)5-9(11)10-8;1-6-2-3-7-5-10-9(11)8(7)4-6;1-6-2-3-7-5-9(11)10-8(7)4-6;1-7-4-3-5-8(6-7)9(11)10-2/h2-4,9H,1H3,(H2,12,13);3*2-4H,5H2,1H3,(H,10,11);3-6H,1-2H3,(H,10,11). The van der Waals surface area contributed by atoms with Gasteiger partial charge in [0.05, 0.1) is 18.4 Å². The molecule has 13 heteroatoms. The fraction of sp³-hybridized carbons (Fsp3) is 0.222. The van der Waals surface area contributed by atoms with Crippen molar-refractivity contribution in [2.45, 2.75) is 60.6 Å². The van der Waals surface area contributed by atoms with Crippen LogP contribution in [0.1, 0.15) is 75.6 Å². The van der Waals surface area contributed by atoms with Gasteiger partial charge in [0, 0.05) is 36.1 Å². The van der Waals surface area contributed by atoms with Crippen LogP contribution in [0.5, 0.6) is 5.75 Å². The lowest BCUT2D eigenvalue weighted by Gasteiger charge is -2.08. The number of primary amides is 1. The highest BCUT2D eigenvalue weighted by atomic mass is 19.3. The predicted molar refractivity (Wildman–Crippen MR) is 220 cm³/mol. The van der Waals surface area contributed by atoms with E-state index in [1.54, 1.807) is 26.1 Å². The van der Waals surface area contributed by atoms with Crippen molar-refractivity contribution in [1.29, 1.82) is 0 Å². The van der Waals surface area contributed by atoms with Gasteiger partial charge in [-0.25, -0.2) is 0 Å². The minimum atomic E-state index is -2.96. The van der Waals surface area contributed by atoms with Crippen LogP contribution in [0, 0.1) is 34.6 Å². The molecular formula is C45H47F2N5O6. The first-order valence-electron chi connectivity index (χ1n) is 18.3. The summed E-state index contributed by atoms with van der Waals surface area (Å²) in [6.07, 6.45) is 1.08. The molecule has 3 heterocycles. The number of hydrogen-bond acceptors (Lipinski definition) is 6. The van der Waals surface area contributed by atoms with Gasteiger partial charge < -0.3 is 31.7 Å². The Kier molecular flexibility index (Phi) is 15.4. The second-order valence-electron chi connectivity index (χ2n) is 13.8. The highest BCUT2D eigenvalue weighted by molar-refractivity contribution is 6.00. The van der Waals surface area contributed by atoms with Gasteiger partial charge in [0.15, 0.2) is 0 Å². The van der Waals surface area contributed by atoms with Crippen LogP contribution in [0.2, 0.25) is 0 Å². The summed E-state index contributed by atoms with van der Waals surface area (Å²) in [5, 5.41) is 10.9. The number of alkyl halides is 2. The predicted octanol–water partition coefficient (Wildman–Crippen LogP) is 7.27. The summed E-state index contributed by atoms with van der Waals surface area (Å²) in [6, 6.07) is 29.7. The lowest BCUT2D eigenvalue weighted by Crippen LogP contribution is -2.17. The molecule has 58 heavy (non-hydrogen) atoms. The highest BCUT2D eigenvalue weighted by Crippen LogP contribution is 2.25. The summed E-state index contributed by atoms with van der Waals surface area (Å²) in [5.74, 6) is -0.754. The molecule has 5 aromatic rings. The van der Waals surface area contributed by atoms with E-state index in [2.05, 4.69) is 26.0 Å². The number of carbonyl (C=O) groups excluding carboxylic acids is 5. The first-order valence-corrected chi connectivity index (χ1v) is 18.3. The molecule has 0 radical (unpaired) electrons. The van der Waals surface area contributed by atoms with Gasteiger partial charge in [-0.3, -0.25) is 24.0 Å². The van der Waals surface area contributed by atoms with Gasteiger partial charge >= 0.3 is 6.61 Å². The lowest BCUT2D eigenvalue weighted by atomic mass is 10.1. The number of nitrogens with one attached hydrogen (secondary N) is 4. The van der Waals surface area contributed by atoms with Crippen LogP contribution < -0.4 is 31.7 Å². The Bertz CT molecular complexity index is 2260. The molecular weight excluding hydrogens is 745 g/mol. The zero-order valence-electron chi connectivity index (χ0n) is 33.2. The van der Waals surface area contributed by atoms with Crippen molar-refractivity contribution in [1.82, 2.24) is 10.6 Å². The zero-order chi connectivity index (χ0) is 42.5. The number of anilines is 2. The Labute approximate surface area is 336 Å². The van der Waals surface area contributed by atoms with Crippen molar-refractivity contribution in [3.8, 4) is 5.75 Å². The van der Waals surface area contributed by atoms with E-state index in [9.17, 15) is 32.8 Å². The van der Waals surface area contributed by atoms with Crippen LogP contribution in [0.4, 0.5) is 20.2 Å². The summed E-state index contributed by atoms with van der Waals surface area (Å²) >= 11 is 0. The van der Waals surface area contributed by atoms with E-state index in [0.29, 0.717) is 24.9 Å². The molecule has 3 aliphatic heterocycles. The molecule has 0 fully saturated rings. The number of amides is 5. The summed E-state index contributed by atoms with van der Waals surface area (Å²) in [4.78, 5) is 54.8. The average Bonchev–Trinajstić information content (AvgIpc) is 3.86. The fourth-order valence-corrected chi connectivity index (χ4v) is 5.98. The van der Waals surface area contributed by atoms with Crippen LogP contribution >= 0.6 is 0 Å². The van der Waals surface area contributed by atoms with Crippen LogP contribution in [0.3, 0.4) is 0 Å². The van der Waals surface area contributed by atoms with Crippen molar-refractivity contribution < 1.29 is 37.5 Å². The molecule has 5 amide bonds. The van der Waals surface area contributed by atoms with Crippen molar-refractivity contribution in [3.63, 3.8) is 0 Å². The van der Waals surface area contributed by atoms with Crippen LogP contribution in [0.15, 0.2) is 97.1 Å². The number of nitrogens with two attached hydrogens (primary N) is 1. The molecule has 6 N–H and O–H groups in total. The molecule has 0 spiro atoms. The molecule has 0 saturated carbocycles. The van der Waals surface area contributed by atoms with E-state index in [1.165, 1.54) is 23.3 Å². The molecule has 0 aliphatic carbocycles. The third kappa shape index (κ3) is 12.8. The largest absolute Gasteiger partial charge is 0.434 e. The minimum absolute atomic E-state index is 0.0336. The zero-order valence-corrected chi connectivity index (χ0v) is 33.2. The maximum absolute atomic E-state index is 11.9. The van der Waals surface area contributed by atoms with E-state index >= 15 is 0 Å². The first kappa shape index (κ1) is 43.8. The molecule has 0 bridgehead atoms. The van der Waals surface area contributed by atoms with E-state index in [-0.39, 0.29) is 34.9 Å². The molecule has 11 nitrogen and oxygen atoms in total. The Hall–Kier alpha value is -6.89. The summed E-state index contributed by atoms with van der Waals surface area (Å²) in [7, 11) is 1.63. The van der Waals surface area contributed by atoms with Gasteiger partial charge in [0.25, 0.3) is 17.7 Å². The molecule has 5 aromatic carbocycles. The molecule has 3 aliphatic rings. The first-order chi connectivity index (χ1) is 27.5. The molecule has 0 saturated heterocycles. The third-order valence-electron chi connectivity index (χ3n) is 8.85. The topological polar surface area (TPSA) is 169 Å². The second kappa shape index (κ2) is 20.3. The van der Waals surface area contributed by atoms with E-state index < -0.39 is 12.5 Å². The number of ether oxygens (including phenoxy) is 1. The Balaban J connectivity index is 0.000000161. The summed E-state index contributed by atoms with van der Waals surface area (Å²) < 4.78 is 27.9. The quantitative estimate of drug-likeness (QED) is 0.128. The molecule has 8 rings (SSSR count). The third-order valence-corrected chi connectivity index (χ3v) is 8.85. The summed E-state index contributed by atoms with van der Waals surface area (Å²) in [6.45, 7) is 7.45. The van der Waals surface area contributed by atoms with Gasteiger partial charge in [0.2, 0.25) is 11.8 Å².